The van der Waals surface area contributed by atoms with Gasteiger partial charge in [0.1, 0.15) is 5.82 Å². The second-order valence-corrected chi connectivity index (χ2v) is 4.47. The molecule has 1 aromatic heterocycles. The lowest BCUT2D eigenvalue weighted by atomic mass is 9.90. The van der Waals surface area contributed by atoms with Crippen LogP contribution in [0.3, 0.4) is 0 Å². The van der Waals surface area contributed by atoms with Crippen LogP contribution in [-0.2, 0) is 7.05 Å². The van der Waals surface area contributed by atoms with Gasteiger partial charge < -0.3 is 10.6 Å². The fraction of sp³-hybridized carbons (Fsp3) is 0.700. The lowest BCUT2D eigenvalue weighted by molar-refractivity contribution is 0.391. The minimum absolute atomic E-state index is 0.386. The highest BCUT2D eigenvalue weighted by Gasteiger charge is 2.28. The lowest BCUT2D eigenvalue weighted by Crippen LogP contribution is -2.28. The summed E-state index contributed by atoms with van der Waals surface area (Å²) >= 11 is 0. The predicted octanol–water partition coefficient (Wildman–Crippen LogP) is 0.832. The van der Waals surface area contributed by atoms with Crippen molar-refractivity contribution in [2.24, 2.45) is 12.5 Å². The fourth-order valence-electron chi connectivity index (χ4n) is 1.83. The summed E-state index contributed by atoms with van der Waals surface area (Å²) in [6, 6.07) is 2.01. The van der Waals surface area contributed by atoms with E-state index in [0.29, 0.717) is 5.41 Å². The molecule has 0 aliphatic carbocycles. The van der Waals surface area contributed by atoms with Crippen LogP contribution in [0, 0.1) is 5.41 Å². The van der Waals surface area contributed by atoms with Crippen LogP contribution in [0.15, 0.2) is 12.3 Å². The van der Waals surface area contributed by atoms with Crippen LogP contribution in [-0.4, -0.2) is 29.4 Å². The van der Waals surface area contributed by atoms with Gasteiger partial charge in [-0.1, -0.05) is 6.92 Å². The number of anilines is 1. The molecule has 78 valence electrons. The SMILES string of the molecule is Cn1ccc(NCC2(C)CCNC2)n1. The molecule has 0 amide bonds. The van der Waals surface area contributed by atoms with Gasteiger partial charge in [-0.25, -0.2) is 0 Å². The molecule has 2 rings (SSSR count). The molecule has 1 aromatic rings. The lowest BCUT2D eigenvalue weighted by Gasteiger charge is -2.22. The molecule has 0 saturated carbocycles. The molecule has 0 bridgehead atoms. The van der Waals surface area contributed by atoms with Crippen molar-refractivity contribution in [3.8, 4) is 0 Å². The van der Waals surface area contributed by atoms with Gasteiger partial charge in [0.15, 0.2) is 0 Å². The fourth-order valence-corrected chi connectivity index (χ4v) is 1.83. The van der Waals surface area contributed by atoms with Crippen molar-refractivity contribution in [1.29, 1.82) is 0 Å². The third-order valence-electron chi connectivity index (χ3n) is 2.87. The Kier molecular flexibility index (Phi) is 2.46. The number of nitrogens with zero attached hydrogens (tertiary/aromatic N) is 2. The maximum Gasteiger partial charge on any atom is 0.147 e. The standard InChI is InChI=1S/C10H18N4/c1-10(4-5-11-7-10)8-12-9-3-6-14(2)13-9/h3,6,11H,4-5,7-8H2,1-2H3,(H,12,13). The molecule has 1 fully saturated rings. The van der Waals surface area contributed by atoms with Crippen LogP contribution in [0.25, 0.3) is 0 Å². The van der Waals surface area contributed by atoms with E-state index in [-0.39, 0.29) is 0 Å². The van der Waals surface area contributed by atoms with Gasteiger partial charge in [-0.15, -0.1) is 0 Å². The van der Waals surface area contributed by atoms with Crippen LogP contribution in [0.4, 0.5) is 5.82 Å². The summed E-state index contributed by atoms with van der Waals surface area (Å²) in [4.78, 5) is 0. The van der Waals surface area contributed by atoms with E-state index in [9.17, 15) is 0 Å². The molecule has 0 spiro atoms. The molecule has 4 nitrogen and oxygen atoms in total. The number of hydrogen-bond acceptors (Lipinski definition) is 3. The summed E-state index contributed by atoms with van der Waals surface area (Å²) in [6.45, 7) is 5.55. The van der Waals surface area contributed by atoms with Crippen molar-refractivity contribution >= 4 is 5.82 Å². The highest BCUT2D eigenvalue weighted by molar-refractivity contribution is 5.32. The van der Waals surface area contributed by atoms with Crippen LogP contribution >= 0.6 is 0 Å². The first-order valence-corrected chi connectivity index (χ1v) is 5.12. The Balaban J connectivity index is 1.87. The highest BCUT2D eigenvalue weighted by Crippen LogP contribution is 2.24. The van der Waals surface area contributed by atoms with Gasteiger partial charge in [0.2, 0.25) is 0 Å². The summed E-state index contributed by atoms with van der Waals surface area (Å²) in [5.74, 6) is 0.973. The zero-order chi connectivity index (χ0) is 10.0. The zero-order valence-electron chi connectivity index (χ0n) is 8.88. The summed E-state index contributed by atoms with van der Waals surface area (Å²) in [7, 11) is 1.93. The van der Waals surface area contributed by atoms with Gasteiger partial charge in [-0.05, 0) is 18.4 Å². The minimum Gasteiger partial charge on any atom is -0.368 e. The maximum atomic E-state index is 4.29. The average Bonchev–Trinajstić information content (AvgIpc) is 2.73. The monoisotopic (exact) mass is 194 g/mol. The first-order chi connectivity index (χ1) is 6.68. The van der Waals surface area contributed by atoms with Crippen LogP contribution in [0.2, 0.25) is 0 Å². The maximum absolute atomic E-state index is 4.29. The molecular formula is C10H18N4. The summed E-state index contributed by atoms with van der Waals surface area (Å²) in [5, 5.41) is 11.1. The van der Waals surface area contributed by atoms with E-state index < -0.39 is 0 Å². The predicted molar refractivity (Wildman–Crippen MR) is 57.3 cm³/mol. The number of hydrogen-bond donors (Lipinski definition) is 2. The van der Waals surface area contributed by atoms with E-state index in [2.05, 4.69) is 22.7 Å². The largest absolute Gasteiger partial charge is 0.368 e. The van der Waals surface area contributed by atoms with Crippen molar-refractivity contribution in [1.82, 2.24) is 15.1 Å². The molecule has 1 aliphatic rings. The van der Waals surface area contributed by atoms with Crippen molar-refractivity contribution in [3.63, 3.8) is 0 Å². The topological polar surface area (TPSA) is 41.9 Å². The molecule has 0 radical (unpaired) electrons. The van der Waals surface area contributed by atoms with Gasteiger partial charge in [-0.3, -0.25) is 4.68 Å². The van der Waals surface area contributed by atoms with E-state index in [1.165, 1.54) is 6.42 Å². The van der Waals surface area contributed by atoms with Gasteiger partial charge in [0.25, 0.3) is 0 Å². The molecule has 14 heavy (non-hydrogen) atoms. The third-order valence-corrected chi connectivity index (χ3v) is 2.87. The molecule has 1 atom stereocenters. The Labute approximate surface area is 84.7 Å². The molecule has 0 aromatic carbocycles. The summed E-state index contributed by atoms with van der Waals surface area (Å²) in [5.41, 5.74) is 0.386. The molecule has 1 unspecified atom stereocenters. The molecule has 1 aliphatic heterocycles. The average molecular weight is 194 g/mol. The number of rotatable bonds is 3. The summed E-state index contributed by atoms with van der Waals surface area (Å²) < 4.78 is 1.82. The van der Waals surface area contributed by atoms with Crippen LogP contribution < -0.4 is 10.6 Å². The number of nitrogens with one attached hydrogen (secondary N) is 2. The van der Waals surface area contributed by atoms with Crippen LogP contribution in [0.1, 0.15) is 13.3 Å². The molecule has 4 heteroatoms. The highest BCUT2D eigenvalue weighted by atomic mass is 15.3. The van der Waals surface area contributed by atoms with Gasteiger partial charge >= 0.3 is 0 Å². The smallest absolute Gasteiger partial charge is 0.147 e. The van der Waals surface area contributed by atoms with Crippen molar-refractivity contribution < 1.29 is 0 Å². The molecular weight excluding hydrogens is 176 g/mol. The first kappa shape index (κ1) is 9.52. The van der Waals surface area contributed by atoms with E-state index in [1.54, 1.807) is 0 Å². The van der Waals surface area contributed by atoms with E-state index in [0.717, 1.165) is 25.5 Å². The Bertz CT molecular complexity index is 299. The van der Waals surface area contributed by atoms with Gasteiger partial charge in [-0.2, -0.15) is 5.10 Å². The molecule has 2 N–H and O–H groups in total. The quantitative estimate of drug-likeness (QED) is 0.749. The van der Waals surface area contributed by atoms with Gasteiger partial charge in [0, 0.05) is 32.4 Å². The van der Waals surface area contributed by atoms with E-state index in [1.807, 2.05) is 24.0 Å². The van der Waals surface area contributed by atoms with Crippen molar-refractivity contribution in [2.45, 2.75) is 13.3 Å². The normalized spacial score (nSPS) is 26.7. The Morgan fingerprint density at radius 1 is 1.71 bits per heavy atom. The van der Waals surface area contributed by atoms with Gasteiger partial charge in [0.05, 0.1) is 0 Å². The second-order valence-electron chi connectivity index (χ2n) is 4.47. The van der Waals surface area contributed by atoms with E-state index in [4.69, 9.17) is 0 Å². The zero-order valence-corrected chi connectivity index (χ0v) is 8.88. The van der Waals surface area contributed by atoms with E-state index >= 15 is 0 Å². The Hall–Kier alpha value is -1.03. The molecule has 1 saturated heterocycles. The number of aromatic nitrogens is 2. The minimum atomic E-state index is 0.386. The Morgan fingerprint density at radius 2 is 2.57 bits per heavy atom. The second kappa shape index (κ2) is 3.61. The Morgan fingerprint density at radius 3 is 3.14 bits per heavy atom. The van der Waals surface area contributed by atoms with Crippen molar-refractivity contribution in [3.05, 3.63) is 12.3 Å². The third kappa shape index (κ3) is 2.07. The molecule has 2 heterocycles. The van der Waals surface area contributed by atoms with Crippen molar-refractivity contribution in [2.75, 3.05) is 25.0 Å². The summed E-state index contributed by atoms with van der Waals surface area (Å²) in [6.07, 6.45) is 3.20. The first-order valence-electron chi connectivity index (χ1n) is 5.12. The number of aryl methyl sites for hydroxylation is 1. The van der Waals surface area contributed by atoms with Crippen LogP contribution in [0.5, 0.6) is 0 Å².